The number of nitrogens with zero attached hydrogens (tertiary/aromatic N) is 2. The first kappa shape index (κ1) is 10.4. The van der Waals surface area contributed by atoms with Gasteiger partial charge in [-0.25, -0.2) is 4.98 Å². The molecule has 3 nitrogen and oxygen atoms in total. The number of hydrogen-bond donors (Lipinski definition) is 0. The largest absolute Gasteiger partial charge is 0.297 e. The van der Waals surface area contributed by atoms with Gasteiger partial charge in [0.1, 0.15) is 11.3 Å². The molecule has 1 unspecified atom stereocenters. The van der Waals surface area contributed by atoms with Gasteiger partial charge in [0.15, 0.2) is 5.78 Å². The second-order valence-electron chi connectivity index (χ2n) is 3.45. The van der Waals surface area contributed by atoms with E-state index in [9.17, 15) is 4.79 Å². The number of Topliss-reactive ketones (excluding diaryl/α,β-unsaturated/α-hetero) is 1. The number of imidazole rings is 1. The van der Waals surface area contributed by atoms with E-state index in [2.05, 4.69) is 20.9 Å². The lowest BCUT2D eigenvalue weighted by molar-refractivity contribution is 0.0989. The van der Waals surface area contributed by atoms with Crippen LogP contribution in [0.5, 0.6) is 0 Å². The van der Waals surface area contributed by atoms with Crippen LogP contribution < -0.4 is 0 Å². The Labute approximate surface area is 96.3 Å². The Bertz CT molecular complexity index is 516. The van der Waals surface area contributed by atoms with Gasteiger partial charge < -0.3 is 0 Å². The van der Waals surface area contributed by atoms with Gasteiger partial charge in [-0.15, -0.1) is 0 Å². The zero-order chi connectivity index (χ0) is 11.0. The lowest BCUT2D eigenvalue weighted by Gasteiger charge is -2.03. The lowest BCUT2D eigenvalue weighted by Crippen LogP contribution is -2.13. The van der Waals surface area contributed by atoms with E-state index < -0.39 is 0 Å². The van der Waals surface area contributed by atoms with Crippen LogP contribution in [0.25, 0.3) is 5.65 Å². The zero-order valence-electron chi connectivity index (χ0n) is 8.57. The summed E-state index contributed by atoms with van der Waals surface area (Å²) in [6, 6.07) is 5.69. The number of aryl methyl sites for hydroxylation is 1. The summed E-state index contributed by atoms with van der Waals surface area (Å²) < 4.78 is 1.83. The number of aromatic nitrogens is 2. The Hall–Kier alpha value is -1.16. The SMILES string of the molecule is Cc1nc2ccccn2c1C(=O)C(C)Br. The van der Waals surface area contributed by atoms with E-state index in [4.69, 9.17) is 0 Å². The van der Waals surface area contributed by atoms with Crippen molar-refractivity contribution in [1.82, 2.24) is 9.38 Å². The number of carbonyl (C=O) groups is 1. The van der Waals surface area contributed by atoms with Gasteiger partial charge in [0.05, 0.1) is 10.5 Å². The number of rotatable bonds is 2. The number of alkyl halides is 1. The molecule has 0 saturated heterocycles. The van der Waals surface area contributed by atoms with Gasteiger partial charge in [0, 0.05) is 6.20 Å². The minimum Gasteiger partial charge on any atom is -0.297 e. The Morgan fingerprint density at radius 1 is 1.53 bits per heavy atom. The predicted octanol–water partition coefficient (Wildman–Crippen LogP) is 2.61. The maximum Gasteiger partial charge on any atom is 0.194 e. The fourth-order valence-electron chi connectivity index (χ4n) is 1.60. The molecule has 0 saturated carbocycles. The molecule has 2 aromatic heterocycles. The molecule has 0 bridgehead atoms. The van der Waals surface area contributed by atoms with E-state index in [1.165, 1.54) is 0 Å². The van der Waals surface area contributed by atoms with Gasteiger partial charge in [0.2, 0.25) is 0 Å². The summed E-state index contributed by atoms with van der Waals surface area (Å²) in [7, 11) is 0. The third-order valence-corrected chi connectivity index (χ3v) is 2.71. The van der Waals surface area contributed by atoms with Crippen LogP contribution in [0, 0.1) is 6.92 Å². The van der Waals surface area contributed by atoms with Crippen molar-refractivity contribution in [3.05, 3.63) is 35.8 Å². The van der Waals surface area contributed by atoms with Crippen molar-refractivity contribution in [3.63, 3.8) is 0 Å². The van der Waals surface area contributed by atoms with Crippen LogP contribution >= 0.6 is 15.9 Å². The van der Waals surface area contributed by atoms with Crippen LogP contribution in [0.1, 0.15) is 23.1 Å². The molecule has 0 aliphatic heterocycles. The summed E-state index contributed by atoms with van der Waals surface area (Å²) in [5.41, 5.74) is 2.25. The highest BCUT2D eigenvalue weighted by atomic mass is 79.9. The van der Waals surface area contributed by atoms with E-state index in [1.54, 1.807) is 0 Å². The first-order valence-electron chi connectivity index (χ1n) is 4.73. The van der Waals surface area contributed by atoms with Crippen molar-refractivity contribution in [2.75, 3.05) is 0 Å². The number of fused-ring (bicyclic) bond motifs is 1. The molecule has 0 spiro atoms. The van der Waals surface area contributed by atoms with Crippen LogP contribution in [0.2, 0.25) is 0 Å². The van der Waals surface area contributed by atoms with Crippen LogP contribution in [-0.2, 0) is 0 Å². The highest BCUT2D eigenvalue weighted by Crippen LogP contribution is 2.16. The minimum absolute atomic E-state index is 0.0613. The maximum absolute atomic E-state index is 11.9. The third-order valence-electron chi connectivity index (χ3n) is 2.30. The Morgan fingerprint density at radius 3 is 2.93 bits per heavy atom. The summed E-state index contributed by atoms with van der Waals surface area (Å²) in [6.45, 7) is 3.68. The van der Waals surface area contributed by atoms with Crippen LogP contribution in [0.15, 0.2) is 24.4 Å². The zero-order valence-corrected chi connectivity index (χ0v) is 10.2. The molecule has 2 aromatic rings. The average Bonchev–Trinajstić information content (AvgIpc) is 2.52. The molecule has 0 aromatic carbocycles. The lowest BCUT2D eigenvalue weighted by atomic mass is 10.2. The number of carbonyl (C=O) groups excluding carboxylic acids is 1. The molecule has 4 heteroatoms. The molecular formula is C11H11BrN2O. The quantitative estimate of drug-likeness (QED) is 0.619. The molecule has 0 radical (unpaired) electrons. The van der Waals surface area contributed by atoms with Crippen molar-refractivity contribution < 1.29 is 4.79 Å². The van der Waals surface area contributed by atoms with E-state index in [1.807, 2.05) is 42.6 Å². The smallest absolute Gasteiger partial charge is 0.194 e. The summed E-state index contributed by atoms with van der Waals surface area (Å²) in [5.74, 6) is 0.0613. The average molecular weight is 267 g/mol. The van der Waals surface area contributed by atoms with Crippen molar-refractivity contribution >= 4 is 27.4 Å². The van der Waals surface area contributed by atoms with Gasteiger partial charge in [-0.3, -0.25) is 9.20 Å². The van der Waals surface area contributed by atoms with Gasteiger partial charge in [-0.1, -0.05) is 22.0 Å². The Balaban J connectivity index is 2.69. The topological polar surface area (TPSA) is 34.4 Å². The molecular weight excluding hydrogens is 256 g/mol. The normalized spacial score (nSPS) is 13.0. The summed E-state index contributed by atoms with van der Waals surface area (Å²) in [6.07, 6.45) is 1.86. The standard InChI is InChI=1S/C11H11BrN2O/c1-7(12)11(15)10-8(2)13-9-5-3-4-6-14(9)10/h3-7H,1-2H3. The molecule has 0 aliphatic carbocycles. The highest BCUT2D eigenvalue weighted by molar-refractivity contribution is 9.10. The molecule has 1 atom stereocenters. The van der Waals surface area contributed by atoms with Gasteiger partial charge in [-0.05, 0) is 26.0 Å². The predicted molar refractivity (Wildman–Crippen MR) is 62.6 cm³/mol. The first-order valence-corrected chi connectivity index (χ1v) is 5.65. The second-order valence-corrected chi connectivity index (χ2v) is 4.83. The first-order chi connectivity index (χ1) is 7.11. The van der Waals surface area contributed by atoms with Crippen LogP contribution in [0.3, 0.4) is 0 Å². The van der Waals surface area contributed by atoms with E-state index in [-0.39, 0.29) is 10.6 Å². The summed E-state index contributed by atoms with van der Waals surface area (Å²) >= 11 is 3.29. The van der Waals surface area contributed by atoms with Crippen LogP contribution in [-0.4, -0.2) is 20.0 Å². The minimum atomic E-state index is -0.184. The van der Waals surface area contributed by atoms with E-state index >= 15 is 0 Å². The fourth-order valence-corrected chi connectivity index (χ4v) is 1.82. The Morgan fingerprint density at radius 2 is 2.27 bits per heavy atom. The van der Waals surface area contributed by atoms with Crippen LogP contribution in [0.4, 0.5) is 0 Å². The second kappa shape index (κ2) is 3.77. The summed E-state index contributed by atoms with van der Waals surface area (Å²) in [5, 5.41) is 0. The third kappa shape index (κ3) is 1.69. The monoisotopic (exact) mass is 266 g/mol. The van der Waals surface area contributed by atoms with Gasteiger partial charge >= 0.3 is 0 Å². The Kier molecular flexibility index (Phi) is 2.61. The molecule has 0 amide bonds. The number of halogens is 1. The highest BCUT2D eigenvalue weighted by Gasteiger charge is 2.19. The molecule has 2 rings (SSSR count). The number of ketones is 1. The van der Waals surface area contributed by atoms with Gasteiger partial charge in [0.25, 0.3) is 0 Å². The molecule has 2 heterocycles. The van der Waals surface area contributed by atoms with E-state index in [0.29, 0.717) is 5.69 Å². The summed E-state index contributed by atoms with van der Waals surface area (Å²) in [4.78, 5) is 16.1. The van der Waals surface area contributed by atoms with Crippen molar-refractivity contribution in [2.24, 2.45) is 0 Å². The maximum atomic E-state index is 11.9. The van der Waals surface area contributed by atoms with E-state index in [0.717, 1.165) is 11.3 Å². The molecule has 15 heavy (non-hydrogen) atoms. The molecule has 0 fully saturated rings. The fraction of sp³-hybridized carbons (Fsp3) is 0.273. The van der Waals surface area contributed by atoms with Gasteiger partial charge in [-0.2, -0.15) is 0 Å². The number of hydrogen-bond acceptors (Lipinski definition) is 2. The number of pyridine rings is 1. The van der Waals surface area contributed by atoms with Crippen molar-refractivity contribution in [3.8, 4) is 0 Å². The van der Waals surface area contributed by atoms with Crippen molar-refractivity contribution in [1.29, 1.82) is 0 Å². The van der Waals surface area contributed by atoms with Crippen molar-refractivity contribution in [2.45, 2.75) is 18.7 Å². The molecule has 0 N–H and O–H groups in total. The molecule has 0 aliphatic rings. The molecule has 78 valence electrons.